The minimum Gasteiger partial charge on any atom is -0.445 e. The highest BCUT2D eigenvalue weighted by atomic mass is 32.1. The second-order valence-electron chi connectivity index (χ2n) is 13.8. The molecule has 0 radical (unpaired) electrons. The number of carbonyl (C=O) groups is 3. The molecule has 10 nitrogen and oxygen atoms in total. The van der Waals surface area contributed by atoms with E-state index in [9.17, 15) is 18.8 Å². The van der Waals surface area contributed by atoms with Crippen molar-refractivity contribution >= 4 is 40.2 Å². The lowest BCUT2D eigenvalue weighted by atomic mass is 9.85. The fourth-order valence-corrected chi connectivity index (χ4v) is 6.82. The number of rotatable bonds is 7. The predicted molar refractivity (Wildman–Crippen MR) is 174 cm³/mol. The number of thiazole rings is 1. The third-order valence-corrected chi connectivity index (χ3v) is 8.90. The second-order valence-corrected chi connectivity index (χ2v) is 14.7. The van der Waals surface area contributed by atoms with Gasteiger partial charge in [0.1, 0.15) is 24.1 Å². The topological polar surface area (TPSA) is 113 Å². The number of likely N-dealkylation sites (tertiary alicyclic amines) is 2. The van der Waals surface area contributed by atoms with E-state index < -0.39 is 29.2 Å². The molecule has 2 saturated heterocycles. The van der Waals surface area contributed by atoms with Gasteiger partial charge in [-0.2, -0.15) is 0 Å². The van der Waals surface area contributed by atoms with Crippen molar-refractivity contribution in [2.75, 3.05) is 18.4 Å². The number of nitrogens with one attached hydrogen (secondary N) is 2. The van der Waals surface area contributed by atoms with Crippen LogP contribution in [-0.4, -0.2) is 69.7 Å². The summed E-state index contributed by atoms with van der Waals surface area (Å²) in [5.74, 6) is -0.875. The SMILES string of the molecule is CC(C)(C)OC(=O)NC(C(=O)N1CCC2C1C(c1csc(Nc3ccc(F)cc3)n1)CN2C(=O)OCc1ccccc1)C(C)(C)C. The average molecular weight is 652 g/mol. The average Bonchev–Trinajstić information content (AvgIpc) is 3.71. The first-order valence-corrected chi connectivity index (χ1v) is 16.3. The zero-order valence-electron chi connectivity index (χ0n) is 27.1. The summed E-state index contributed by atoms with van der Waals surface area (Å²) in [7, 11) is 0. The van der Waals surface area contributed by atoms with Crippen LogP contribution < -0.4 is 10.6 Å². The van der Waals surface area contributed by atoms with E-state index in [1.165, 1.54) is 23.5 Å². The smallest absolute Gasteiger partial charge is 0.410 e. The molecule has 2 aliphatic rings. The summed E-state index contributed by atoms with van der Waals surface area (Å²) < 4.78 is 24.7. The second kappa shape index (κ2) is 13.3. The van der Waals surface area contributed by atoms with E-state index >= 15 is 0 Å². The van der Waals surface area contributed by atoms with Crippen LogP contribution in [0, 0.1) is 11.2 Å². The minimum absolute atomic E-state index is 0.134. The van der Waals surface area contributed by atoms with Crippen LogP contribution in [0.25, 0.3) is 0 Å². The summed E-state index contributed by atoms with van der Waals surface area (Å²) >= 11 is 1.39. The summed E-state index contributed by atoms with van der Waals surface area (Å²) in [6, 6.07) is 13.9. The lowest BCUT2D eigenvalue weighted by Crippen LogP contribution is -2.57. The van der Waals surface area contributed by atoms with Gasteiger partial charge in [-0.15, -0.1) is 11.3 Å². The van der Waals surface area contributed by atoms with Crippen molar-refractivity contribution in [2.24, 2.45) is 5.41 Å². The molecule has 2 aromatic carbocycles. The zero-order chi connectivity index (χ0) is 33.2. The molecule has 246 valence electrons. The van der Waals surface area contributed by atoms with Gasteiger partial charge in [0.2, 0.25) is 5.91 Å². The van der Waals surface area contributed by atoms with Gasteiger partial charge in [-0.3, -0.25) is 4.79 Å². The van der Waals surface area contributed by atoms with Gasteiger partial charge in [-0.1, -0.05) is 51.1 Å². The van der Waals surface area contributed by atoms with Gasteiger partial charge >= 0.3 is 12.2 Å². The molecule has 4 unspecified atom stereocenters. The first-order chi connectivity index (χ1) is 21.7. The number of amides is 3. The van der Waals surface area contributed by atoms with E-state index in [0.29, 0.717) is 30.3 Å². The van der Waals surface area contributed by atoms with Crippen molar-refractivity contribution in [2.45, 2.75) is 84.2 Å². The van der Waals surface area contributed by atoms with Crippen LogP contribution in [0.15, 0.2) is 60.0 Å². The van der Waals surface area contributed by atoms with Crippen molar-refractivity contribution in [3.63, 3.8) is 0 Å². The number of fused-ring (bicyclic) bond motifs is 1. The van der Waals surface area contributed by atoms with Gasteiger partial charge in [0.25, 0.3) is 0 Å². The molecule has 3 aromatic rings. The summed E-state index contributed by atoms with van der Waals surface area (Å²) in [5.41, 5.74) is 0.951. The number of anilines is 2. The number of benzene rings is 2. The van der Waals surface area contributed by atoms with Gasteiger partial charge < -0.3 is 29.9 Å². The van der Waals surface area contributed by atoms with Crippen LogP contribution in [0.5, 0.6) is 0 Å². The molecule has 3 heterocycles. The van der Waals surface area contributed by atoms with Crippen LogP contribution in [-0.2, 0) is 20.9 Å². The maximum atomic E-state index is 14.3. The van der Waals surface area contributed by atoms with Gasteiger partial charge in [0.05, 0.1) is 17.8 Å². The van der Waals surface area contributed by atoms with Crippen molar-refractivity contribution in [3.05, 3.63) is 77.1 Å². The summed E-state index contributed by atoms with van der Waals surface area (Å²) in [6.07, 6.45) is -0.557. The zero-order valence-corrected chi connectivity index (χ0v) is 27.9. The largest absolute Gasteiger partial charge is 0.445 e. The lowest BCUT2D eigenvalue weighted by molar-refractivity contribution is -0.137. The molecular formula is C34H42FN5O5S. The third kappa shape index (κ3) is 7.78. The van der Waals surface area contributed by atoms with Gasteiger partial charge in [0.15, 0.2) is 5.13 Å². The maximum Gasteiger partial charge on any atom is 0.410 e. The number of aromatic nitrogens is 1. The number of hydrogen-bond acceptors (Lipinski definition) is 8. The van der Waals surface area contributed by atoms with E-state index in [1.807, 2.05) is 56.5 Å². The van der Waals surface area contributed by atoms with Crippen LogP contribution >= 0.6 is 11.3 Å². The normalized spacial score (nSPS) is 20.2. The van der Waals surface area contributed by atoms with Crippen molar-refractivity contribution < 1.29 is 28.2 Å². The number of alkyl carbamates (subject to hydrolysis) is 1. The van der Waals surface area contributed by atoms with E-state index in [-0.39, 0.29) is 36.3 Å². The molecule has 0 bridgehead atoms. The number of ether oxygens (including phenoxy) is 2. The van der Waals surface area contributed by atoms with Crippen molar-refractivity contribution in [1.82, 2.24) is 20.1 Å². The quantitative estimate of drug-likeness (QED) is 0.293. The molecule has 1 aromatic heterocycles. The Balaban J connectivity index is 1.41. The fraction of sp³-hybridized carbons (Fsp3) is 0.471. The Bertz CT molecular complexity index is 1540. The summed E-state index contributed by atoms with van der Waals surface area (Å²) in [4.78, 5) is 49.0. The van der Waals surface area contributed by atoms with Crippen LogP contribution in [0.3, 0.4) is 0 Å². The molecule has 0 aliphatic carbocycles. The first kappa shape index (κ1) is 33.2. The van der Waals surface area contributed by atoms with Crippen LogP contribution in [0.1, 0.15) is 65.1 Å². The Kier molecular flexibility index (Phi) is 9.57. The molecule has 5 rings (SSSR count). The molecule has 2 fully saturated rings. The molecule has 0 spiro atoms. The van der Waals surface area contributed by atoms with Crippen molar-refractivity contribution in [3.8, 4) is 0 Å². The van der Waals surface area contributed by atoms with Crippen LogP contribution in [0.2, 0.25) is 0 Å². The lowest BCUT2D eigenvalue weighted by Gasteiger charge is -2.37. The monoisotopic (exact) mass is 651 g/mol. The van der Waals surface area contributed by atoms with Gasteiger partial charge in [0, 0.05) is 30.1 Å². The molecule has 2 aliphatic heterocycles. The standard InChI is InChI=1S/C34H42FN5O5S/c1-33(2,3)28(38-31(42)45-34(4,5)6)29(41)39-17-16-26-27(39)24(18-40(26)32(43)44-19-21-10-8-7-9-11-21)25-20-46-30(37-25)36-23-14-12-22(35)13-15-23/h7-15,20,24,26-28H,16-19H2,1-6H3,(H,36,37)(H,38,42). The molecular weight excluding hydrogens is 609 g/mol. The number of halogens is 1. The molecule has 12 heteroatoms. The van der Waals surface area contributed by atoms with Gasteiger partial charge in [-0.05, 0) is 62.4 Å². The fourth-order valence-electron chi connectivity index (χ4n) is 6.03. The Hall–Kier alpha value is -4.19. The Morgan fingerprint density at radius 1 is 1.02 bits per heavy atom. The molecule has 2 N–H and O–H groups in total. The van der Waals surface area contributed by atoms with Crippen LogP contribution in [0.4, 0.5) is 24.8 Å². The minimum atomic E-state index is -0.869. The Morgan fingerprint density at radius 2 is 1.72 bits per heavy atom. The first-order valence-electron chi connectivity index (χ1n) is 15.4. The highest BCUT2D eigenvalue weighted by Gasteiger charge is 2.55. The Labute approximate surface area is 273 Å². The maximum absolute atomic E-state index is 14.3. The van der Waals surface area contributed by atoms with E-state index in [4.69, 9.17) is 14.5 Å². The van der Waals surface area contributed by atoms with E-state index in [0.717, 1.165) is 11.3 Å². The van der Waals surface area contributed by atoms with Crippen molar-refractivity contribution in [1.29, 1.82) is 0 Å². The van der Waals surface area contributed by atoms with E-state index in [2.05, 4.69) is 10.6 Å². The third-order valence-electron chi connectivity index (χ3n) is 8.12. The number of carbonyl (C=O) groups excluding carboxylic acids is 3. The predicted octanol–water partition coefficient (Wildman–Crippen LogP) is 6.67. The molecule has 46 heavy (non-hydrogen) atoms. The van der Waals surface area contributed by atoms with E-state index in [1.54, 1.807) is 42.7 Å². The molecule has 3 amide bonds. The number of hydrogen-bond donors (Lipinski definition) is 2. The molecule has 4 atom stereocenters. The highest BCUT2D eigenvalue weighted by molar-refractivity contribution is 7.13. The summed E-state index contributed by atoms with van der Waals surface area (Å²) in [6.45, 7) is 11.9. The number of nitrogens with zero attached hydrogens (tertiary/aromatic N) is 3. The Morgan fingerprint density at radius 3 is 2.37 bits per heavy atom. The molecule has 0 saturated carbocycles. The van der Waals surface area contributed by atoms with Gasteiger partial charge in [-0.25, -0.2) is 19.0 Å². The highest BCUT2D eigenvalue weighted by Crippen LogP contribution is 2.43. The summed E-state index contributed by atoms with van der Waals surface area (Å²) in [5, 5.41) is 8.57.